The second kappa shape index (κ2) is 9.87. The van der Waals surface area contributed by atoms with Gasteiger partial charge in [0, 0.05) is 39.9 Å². The van der Waals surface area contributed by atoms with E-state index in [0.717, 1.165) is 32.1 Å². The van der Waals surface area contributed by atoms with Gasteiger partial charge in [0.15, 0.2) is 5.96 Å². The normalized spacial score (nSPS) is 20.3. The highest BCUT2D eigenvalue weighted by molar-refractivity contribution is 14.0. The lowest BCUT2D eigenvalue weighted by Gasteiger charge is -2.38. The largest absolute Gasteiger partial charge is 0.381 e. The number of hydrogen-bond donors (Lipinski definition) is 1. The molecule has 0 amide bonds. The molecule has 21 heavy (non-hydrogen) atoms. The highest BCUT2D eigenvalue weighted by Gasteiger charge is 2.43. The van der Waals surface area contributed by atoms with Crippen molar-refractivity contribution in [2.24, 2.45) is 10.4 Å². The zero-order chi connectivity index (χ0) is 14.3. The zero-order valence-corrected chi connectivity index (χ0v) is 16.0. The summed E-state index contributed by atoms with van der Waals surface area (Å²) in [7, 11) is 1.89. The van der Waals surface area contributed by atoms with Crippen molar-refractivity contribution < 1.29 is 4.74 Å². The third kappa shape index (κ3) is 5.58. The van der Waals surface area contributed by atoms with Crippen LogP contribution in [0.25, 0.3) is 0 Å². The topological polar surface area (TPSA) is 36.9 Å². The van der Waals surface area contributed by atoms with Crippen LogP contribution < -0.4 is 5.32 Å². The fourth-order valence-electron chi connectivity index (χ4n) is 3.26. The first kappa shape index (κ1) is 19.0. The molecular weight excluding hydrogens is 377 g/mol. The quantitative estimate of drug-likeness (QED) is 0.304. The number of rotatable bonds is 7. The van der Waals surface area contributed by atoms with E-state index >= 15 is 0 Å². The molecule has 1 heterocycles. The summed E-state index contributed by atoms with van der Waals surface area (Å²) in [5.41, 5.74) is 0.640. The van der Waals surface area contributed by atoms with Gasteiger partial charge >= 0.3 is 0 Å². The number of hydrogen-bond acceptors (Lipinski definition) is 2. The molecule has 2 aliphatic rings. The van der Waals surface area contributed by atoms with Gasteiger partial charge in [-0.05, 0) is 37.5 Å². The molecule has 4 nitrogen and oxygen atoms in total. The Morgan fingerprint density at radius 3 is 2.57 bits per heavy atom. The average Bonchev–Trinajstić information content (AvgIpc) is 2.87. The van der Waals surface area contributed by atoms with Crippen LogP contribution >= 0.6 is 24.0 Å². The van der Waals surface area contributed by atoms with Crippen molar-refractivity contribution in [3.05, 3.63) is 0 Å². The number of nitrogens with one attached hydrogen (secondary N) is 1. The first-order chi connectivity index (χ1) is 9.79. The first-order valence-corrected chi connectivity index (χ1v) is 8.33. The summed E-state index contributed by atoms with van der Waals surface area (Å²) >= 11 is 0. The third-order valence-corrected chi connectivity index (χ3v) is 4.75. The lowest BCUT2D eigenvalue weighted by atomic mass is 9.68. The molecule has 0 unspecified atom stereocenters. The van der Waals surface area contributed by atoms with Crippen LogP contribution in [0.5, 0.6) is 0 Å². The Hall–Kier alpha value is -0.0400. The summed E-state index contributed by atoms with van der Waals surface area (Å²) < 4.78 is 5.58. The molecule has 0 aromatic rings. The SMILES string of the molecule is CCCCOCCCNC(=NC)N1CCC2(CCC2)C1.I. The first-order valence-electron chi connectivity index (χ1n) is 8.33. The summed E-state index contributed by atoms with van der Waals surface area (Å²) in [5.74, 6) is 1.09. The van der Waals surface area contributed by atoms with Crippen molar-refractivity contribution in [1.29, 1.82) is 0 Å². The molecule has 0 atom stereocenters. The van der Waals surface area contributed by atoms with Crippen molar-refractivity contribution in [2.45, 2.75) is 51.9 Å². The number of likely N-dealkylation sites (tertiary alicyclic amines) is 1. The smallest absolute Gasteiger partial charge is 0.193 e. The average molecular weight is 409 g/mol. The Labute approximate surface area is 147 Å². The van der Waals surface area contributed by atoms with E-state index < -0.39 is 0 Å². The van der Waals surface area contributed by atoms with Crippen LogP contribution in [0.3, 0.4) is 0 Å². The van der Waals surface area contributed by atoms with Gasteiger partial charge in [-0.25, -0.2) is 0 Å². The summed E-state index contributed by atoms with van der Waals surface area (Å²) in [6.45, 7) is 7.29. The van der Waals surface area contributed by atoms with Gasteiger partial charge < -0.3 is 15.0 Å². The number of unbranched alkanes of at least 4 members (excludes halogenated alkanes) is 1. The number of ether oxygens (including phenoxy) is 1. The van der Waals surface area contributed by atoms with Crippen LogP contribution in [0.4, 0.5) is 0 Å². The molecular formula is C16H32IN3O. The lowest BCUT2D eigenvalue weighted by molar-refractivity contribution is 0.129. The van der Waals surface area contributed by atoms with Gasteiger partial charge in [0.25, 0.3) is 0 Å². The van der Waals surface area contributed by atoms with Crippen LogP contribution in [0.2, 0.25) is 0 Å². The Morgan fingerprint density at radius 1 is 1.24 bits per heavy atom. The summed E-state index contributed by atoms with van der Waals surface area (Å²) in [6.07, 6.45) is 9.06. The summed E-state index contributed by atoms with van der Waals surface area (Å²) in [4.78, 5) is 6.87. The predicted octanol–water partition coefficient (Wildman–Crippen LogP) is 3.26. The predicted molar refractivity (Wildman–Crippen MR) is 99.6 cm³/mol. The minimum absolute atomic E-state index is 0. The summed E-state index contributed by atoms with van der Waals surface area (Å²) in [5, 5.41) is 3.48. The van der Waals surface area contributed by atoms with Gasteiger partial charge in [-0.1, -0.05) is 19.8 Å². The van der Waals surface area contributed by atoms with E-state index in [-0.39, 0.29) is 24.0 Å². The van der Waals surface area contributed by atoms with Gasteiger partial charge in [0.1, 0.15) is 0 Å². The maximum atomic E-state index is 5.58. The van der Waals surface area contributed by atoms with Crippen molar-refractivity contribution in [3.8, 4) is 0 Å². The zero-order valence-electron chi connectivity index (χ0n) is 13.7. The second-order valence-electron chi connectivity index (χ2n) is 6.32. The highest BCUT2D eigenvalue weighted by atomic mass is 127. The molecule has 0 bridgehead atoms. The molecule has 1 saturated carbocycles. The minimum atomic E-state index is 0. The van der Waals surface area contributed by atoms with Gasteiger partial charge in [0.05, 0.1) is 0 Å². The molecule has 1 spiro atoms. The van der Waals surface area contributed by atoms with E-state index in [1.54, 1.807) is 0 Å². The standard InChI is InChI=1S/C16H31N3O.HI/c1-3-4-12-20-13-6-10-18-15(17-2)19-11-9-16(14-19)7-5-8-16;/h3-14H2,1-2H3,(H,17,18);1H. The molecule has 2 rings (SSSR count). The van der Waals surface area contributed by atoms with Crippen LogP contribution in [-0.4, -0.2) is 50.8 Å². The van der Waals surface area contributed by atoms with Crippen LogP contribution in [0.1, 0.15) is 51.9 Å². The maximum absolute atomic E-state index is 5.58. The fraction of sp³-hybridized carbons (Fsp3) is 0.938. The Balaban J connectivity index is 0.00000220. The molecule has 5 heteroatoms. The molecule has 2 fully saturated rings. The molecule has 0 radical (unpaired) electrons. The molecule has 1 aliphatic carbocycles. The van der Waals surface area contributed by atoms with Crippen LogP contribution in [-0.2, 0) is 4.74 Å². The Kier molecular flexibility index (Phi) is 8.94. The second-order valence-corrected chi connectivity index (χ2v) is 6.32. The van der Waals surface area contributed by atoms with E-state index in [2.05, 4.69) is 22.1 Å². The van der Waals surface area contributed by atoms with Crippen molar-refractivity contribution in [2.75, 3.05) is 39.9 Å². The Bertz CT molecular complexity index is 319. The van der Waals surface area contributed by atoms with E-state index in [0.29, 0.717) is 5.41 Å². The molecule has 0 aromatic heterocycles. The van der Waals surface area contributed by atoms with E-state index in [9.17, 15) is 0 Å². The van der Waals surface area contributed by atoms with Gasteiger partial charge in [-0.15, -0.1) is 24.0 Å². The van der Waals surface area contributed by atoms with Crippen molar-refractivity contribution in [1.82, 2.24) is 10.2 Å². The van der Waals surface area contributed by atoms with E-state index in [4.69, 9.17) is 4.74 Å². The van der Waals surface area contributed by atoms with Gasteiger partial charge in [0.2, 0.25) is 0 Å². The highest BCUT2D eigenvalue weighted by Crippen LogP contribution is 2.47. The third-order valence-electron chi connectivity index (χ3n) is 4.75. The number of guanidine groups is 1. The molecule has 124 valence electrons. The number of aliphatic imine (C=N–C) groups is 1. The summed E-state index contributed by atoms with van der Waals surface area (Å²) in [6, 6.07) is 0. The molecule has 1 aliphatic heterocycles. The number of halogens is 1. The Morgan fingerprint density at radius 2 is 2.00 bits per heavy atom. The minimum Gasteiger partial charge on any atom is -0.381 e. The van der Waals surface area contributed by atoms with Gasteiger partial charge in [-0.2, -0.15) is 0 Å². The number of nitrogens with zero attached hydrogens (tertiary/aromatic N) is 2. The van der Waals surface area contributed by atoms with Crippen molar-refractivity contribution in [3.63, 3.8) is 0 Å². The van der Waals surface area contributed by atoms with Gasteiger partial charge in [-0.3, -0.25) is 4.99 Å². The van der Waals surface area contributed by atoms with Crippen molar-refractivity contribution >= 4 is 29.9 Å². The lowest BCUT2D eigenvalue weighted by Crippen LogP contribution is -2.43. The fourth-order valence-corrected chi connectivity index (χ4v) is 3.26. The van der Waals surface area contributed by atoms with E-state index in [1.165, 1.54) is 51.6 Å². The molecule has 0 aromatic carbocycles. The molecule has 1 N–H and O–H groups in total. The van der Waals surface area contributed by atoms with E-state index in [1.807, 2.05) is 7.05 Å². The van der Waals surface area contributed by atoms with Crippen LogP contribution in [0.15, 0.2) is 4.99 Å². The monoisotopic (exact) mass is 409 g/mol. The molecule has 1 saturated heterocycles. The van der Waals surface area contributed by atoms with Crippen LogP contribution in [0, 0.1) is 5.41 Å². The maximum Gasteiger partial charge on any atom is 0.193 e.